The van der Waals surface area contributed by atoms with Crippen LogP contribution in [0.25, 0.3) is 0 Å². The number of aliphatic hydroxyl groups is 1. The standard InChI is InChI=1S/C15H23NO2/c1-12-7-8-15(18-12)10-16-14(11-17)9-13-5-3-2-4-6-13/h2-6,12,14-17H,7-11H2,1H3. The first-order valence-electron chi connectivity index (χ1n) is 6.81. The molecule has 3 heteroatoms. The van der Waals surface area contributed by atoms with Gasteiger partial charge >= 0.3 is 0 Å². The maximum atomic E-state index is 9.41. The van der Waals surface area contributed by atoms with Gasteiger partial charge in [-0.25, -0.2) is 0 Å². The Kier molecular flexibility index (Phi) is 5.17. The van der Waals surface area contributed by atoms with E-state index in [0.29, 0.717) is 12.2 Å². The van der Waals surface area contributed by atoms with Gasteiger partial charge in [-0.3, -0.25) is 0 Å². The summed E-state index contributed by atoms with van der Waals surface area (Å²) < 4.78 is 5.76. The summed E-state index contributed by atoms with van der Waals surface area (Å²) in [5.74, 6) is 0. The third kappa shape index (κ3) is 4.09. The van der Waals surface area contributed by atoms with Gasteiger partial charge in [0, 0.05) is 12.6 Å². The van der Waals surface area contributed by atoms with Crippen molar-refractivity contribution in [2.24, 2.45) is 0 Å². The molecule has 1 fully saturated rings. The van der Waals surface area contributed by atoms with Gasteiger partial charge in [0.25, 0.3) is 0 Å². The zero-order valence-electron chi connectivity index (χ0n) is 11.0. The summed E-state index contributed by atoms with van der Waals surface area (Å²) in [6, 6.07) is 10.4. The molecule has 1 heterocycles. The molecule has 0 spiro atoms. The minimum Gasteiger partial charge on any atom is -0.395 e. The number of nitrogens with one attached hydrogen (secondary N) is 1. The van der Waals surface area contributed by atoms with Crippen molar-refractivity contribution in [2.75, 3.05) is 13.2 Å². The lowest BCUT2D eigenvalue weighted by Gasteiger charge is -2.19. The van der Waals surface area contributed by atoms with E-state index in [1.54, 1.807) is 0 Å². The van der Waals surface area contributed by atoms with Crippen LogP contribution in [-0.4, -0.2) is 36.5 Å². The van der Waals surface area contributed by atoms with Crippen molar-refractivity contribution in [3.8, 4) is 0 Å². The largest absolute Gasteiger partial charge is 0.395 e. The fourth-order valence-corrected chi connectivity index (χ4v) is 2.43. The summed E-state index contributed by atoms with van der Waals surface area (Å²) in [6.45, 7) is 3.12. The Bertz CT molecular complexity index is 342. The van der Waals surface area contributed by atoms with Gasteiger partial charge in [-0.05, 0) is 31.7 Å². The van der Waals surface area contributed by atoms with Crippen LogP contribution < -0.4 is 5.32 Å². The summed E-state index contributed by atoms with van der Waals surface area (Å²) in [4.78, 5) is 0. The molecule has 2 rings (SSSR count). The first-order chi connectivity index (χ1) is 8.78. The lowest BCUT2D eigenvalue weighted by molar-refractivity contribution is 0.0527. The minimum absolute atomic E-state index is 0.118. The Balaban J connectivity index is 1.75. The highest BCUT2D eigenvalue weighted by Gasteiger charge is 2.22. The number of hydrogen-bond acceptors (Lipinski definition) is 3. The van der Waals surface area contributed by atoms with E-state index in [1.807, 2.05) is 18.2 Å². The Hall–Kier alpha value is -0.900. The van der Waals surface area contributed by atoms with Gasteiger partial charge in [0.1, 0.15) is 0 Å². The first kappa shape index (κ1) is 13.5. The lowest BCUT2D eigenvalue weighted by atomic mass is 10.1. The van der Waals surface area contributed by atoms with Crippen molar-refractivity contribution in [1.29, 1.82) is 0 Å². The molecule has 0 saturated carbocycles. The molecule has 0 radical (unpaired) electrons. The fourth-order valence-electron chi connectivity index (χ4n) is 2.43. The second kappa shape index (κ2) is 6.88. The van der Waals surface area contributed by atoms with Crippen molar-refractivity contribution >= 4 is 0 Å². The van der Waals surface area contributed by atoms with Crippen LogP contribution in [0, 0.1) is 0 Å². The first-order valence-corrected chi connectivity index (χ1v) is 6.81. The number of benzene rings is 1. The molecule has 0 aromatic heterocycles. The summed E-state index contributed by atoms with van der Waals surface area (Å²) in [5.41, 5.74) is 1.25. The predicted molar refractivity (Wildman–Crippen MR) is 72.6 cm³/mol. The van der Waals surface area contributed by atoms with E-state index >= 15 is 0 Å². The van der Waals surface area contributed by atoms with E-state index in [4.69, 9.17) is 4.74 Å². The van der Waals surface area contributed by atoms with Crippen LogP contribution in [0.4, 0.5) is 0 Å². The van der Waals surface area contributed by atoms with Gasteiger partial charge < -0.3 is 15.2 Å². The molecule has 18 heavy (non-hydrogen) atoms. The van der Waals surface area contributed by atoms with Gasteiger partial charge in [0.2, 0.25) is 0 Å². The van der Waals surface area contributed by atoms with Crippen molar-refractivity contribution in [3.63, 3.8) is 0 Å². The molecule has 100 valence electrons. The normalized spacial score (nSPS) is 25.2. The van der Waals surface area contributed by atoms with Gasteiger partial charge in [-0.1, -0.05) is 30.3 Å². The molecule has 3 nitrogen and oxygen atoms in total. The molecular weight excluding hydrogens is 226 g/mol. The van der Waals surface area contributed by atoms with E-state index in [0.717, 1.165) is 25.8 Å². The average Bonchev–Trinajstić information content (AvgIpc) is 2.81. The number of ether oxygens (including phenoxy) is 1. The van der Waals surface area contributed by atoms with Gasteiger partial charge in [-0.2, -0.15) is 0 Å². The summed E-state index contributed by atoms with van der Waals surface area (Å²) in [5, 5.41) is 12.8. The monoisotopic (exact) mass is 249 g/mol. The topological polar surface area (TPSA) is 41.5 Å². The summed E-state index contributed by atoms with van der Waals surface area (Å²) >= 11 is 0. The Labute approximate surface area is 109 Å². The zero-order valence-corrected chi connectivity index (χ0v) is 11.0. The Morgan fingerprint density at radius 2 is 2.11 bits per heavy atom. The molecule has 3 atom stereocenters. The molecule has 3 unspecified atom stereocenters. The average molecular weight is 249 g/mol. The third-order valence-corrected chi connectivity index (χ3v) is 3.50. The second-order valence-electron chi connectivity index (χ2n) is 5.12. The second-order valence-corrected chi connectivity index (χ2v) is 5.12. The Morgan fingerprint density at radius 1 is 1.33 bits per heavy atom. The fraction of sp³-hybridized carbons (Fsp3) is 0.600. The van der Waals surface area contributed by atoms with Gasteiger partial charge in [0.15, 0.2) is 0 Å². The predicted octanol–water partition coefficient (Wildman–Crippen LogP) is 1.75. The molecule has 1 aromatic carbocycles. The van der Waals surface area contributed by atoms with Gasteiger partial charge in [0.05, 0.1) is 18.8 Å². The van der Waals surface area contributed by atoms with E-state index in [1.165, 1.54) is 5.56 Å². The maximum Gasteiger partial charge on any atom is 0.0704 e. The molecule has 1 aliphatic heterocycles. The highest BCUT2D eigenvalue weighted by molar-refractivity contribution is 5.15. The van der Waals surface area contributed by atoms with E-state index < -0.39 is 0 Å². The number of aliphatic hydroxyl groups excluding tert-OH is 1. The van der Waals surface area contributed by atoms with Crippen LogP contribution in [0.3, 0.4) is 0 Å². The SMILES string of the molecule is CC1CCC(CNC(CO)Cc2ccccc2)O1. The van der Waals surface area contributed by atoms with Crippen molar-refractivity contribution in [1.82, 2.24) is 5.32 Å². The van der Waals surface area contributed by atoms with Crippen LogP contribution in [-0.2, 0) is 11.2 Å². The highest BCUT2D eigenvalue weighted by atomic mass is 16.5. The molecule has 2 N–H and O–H groups in total. The Morgan fingerprint density at radius 3 is 2.72 bits per heavy atom. The zero-order chi connectivity index (χ0) is 12.8. The quantitative estimate of drug-likeness (QED) is 0.807. The molecule has 0 aliphatic carbocycles. The molecular formula is C15H23NO2. The number of rotatable bonds is 6. The minimum atomic E-state index is 0.118. The van der Waals surface area contributed by atoms with E-state index in [2.05, 4.69) is 24.4 Å². The molecule has 1 aliphatic rings. The summed E-state index contributed by atoms with van der Waals surface area (Å²) in [6.07, 6.45) is 3.83. The molecule has 1 saturated heterocycles. The van der Waals surface area contributed by atoms with Crippen LogP contribution >= 0.6 is 0 Å². The molecule has 1 aromatic rings. The smallest absolute Gasteiger partial charge is 0.0704 e. The van der Waals surface area contributed by atoms with Gasteiger partial charge in [-0.15, -0.1) is 0 Å². The van der Waals surface area contributed by atoms with Crippen LogP contribution in [0.1, 0.15) is 25.3 Å². The van der Waals surface area contributed by atoms with Crippen LogP contribution in [0.5, 0.6) is 0 Å². The van der Waals surface area contributed by atoms with Crippen LogP contribution in [0.15, 0.2) is 30.3 Å². The number of hydrogen-bond donors (Lipinski definition) is 2. The van der Waals surface area contributed by atoms with Crippen molar-refractivity contribution in [2.45, 2.75) is 44.4 Å². The van der Waals surface area contributed by atoms with Crippen LogP contribution in [0.2, 0.25) is 0 Å². The summed E-state index contributed by atoms with van der Waals surface area (Å²) in [7, 11) is 0. The van der Waals surface area contributed by atoms with Crippen molar-refractivity contribution < 1.29 is 9.84 Å². The van der Waals surface area contributed by atoms with Crippen molar-refractivity contribution in [3.05, 3.63) is 35.9 Å². The maximum absolute atomic E-state index is 9.41. The molecule has 0 amide bonds. The lowest BCUT2D eigenvalue weighted by Crippen LogP contribution is -2.39. The van der Waals surface area contributed by atoms with E-state index in [9.17, 15) is 5.11 Å². The third-order valence-electron chi connectivity index (χ3n) is 3.50. The molecule has 0 bridgehead atoms. The highest BCUT2D eigenvalue weighted by Crippen LogP contribution is 2.18. The van der Waals surface area contributed by atoms with E-state index in [-0.39, 0.29) is 12.6 Å².